The molecule has 1 fully saturated rings. The summed E-state index contributed by atoms with van der Waals surface area (Å²) < 4.78 is 0. The number of hydrogen-bond donors (Lipinski definition) is 1. The van der Waals surface area contributed by atoms with Crippen LogP contribution in [0.4, 0.5) is 11.8 Å². The number of hydrogen-bond acceptors (Lipinski definition) is 5. The van der Waals surface area contributed by atoms with Gasteiger partial charge in [0.05, 0.1) is 0 Å². The van der Waals surface area contributed by atoms with Gasteiger partial charge in [0.1, 0.15) is 5.82 Å². The summed E-state index contributed by atoms with van der Waals surface area (Å²) in [6, 6.07) is 12.4. The Bertz CT molecular complexity index is 621. The normalized spacial score (nSPS) is 15.7. The van der Waals surface area contributed by atoms with Crippen LogP contribution in [0.1, 0.15) is 18.2 Å². The lowest BCUT2D eigenvalue weighted by atomic mass is 10.2. The van der Waals surface area contributed by atoms with E-state index in [9.17, 15) is 0 Å². The number of nitrogens with zero attached hydrogens (tertiary/aromatic N) is 4. The molecule has 1 aromatic carbocycles. The quantitative estimate of drug-likeness (QED) is 0.919. The maximum absolute atomic E-state index is 4.71. The van der Waals surface area contributed by atoms with Crippen LogP contribution in [0, 0.1) is 6.92 Å². The van der Waals surface area contributed by atoms with Gasteiger partial charge in [-0.25, -0.2) is 4.98 Å². The van der Waals surface area contributed by atoms with Gasteiger partial charge in [0.25, 0.3) is 0 Å². The second-order valence-electron chi connectivity index (χ2n) is 5.96. The zero-order valence-corrected chi connectivity index (χ0v) is 14.0. The topological polar surface area (TPSA) is 44.3 Å². The molecule has 5 heteroatoms. The average molecular weight is 311 g/mol. The van der Waals surface area contributed by atoms with Crippen molar-refractivity contribution in [3.05, 3.63) is 47.7 Å². The Labute approximate surface area is 138 Å². The van der Waals surface area contributed by atoms with E-state index in [-0.39, 0.29) is 0 Å². The fourth-order valence-electron chi connectivity index (χ4n) is 2.84. The summed E-state index contributed by atoms with van der Waals surface area (Å²) in [5.74, 6) is 1.74. The Morgan fingerprint density at radius 2 is 1.78 bits per heavy atom. The van der Waals surface area contributed by atoms with Crippen molar-refractivity contribution in [3.63, 3.8) is 0 Å². The molecule has 0 saturated carbocycles. The van der Waals surface area contributed by atoms with Gasteiger partial charge in [0, 0.05) is 44.5 Å². The first-order valence-electron chi connectivity index (χ1n) is 8.35. The van der Waals surface area contributed by atoms with Gasteiger partial charge in [-0.15, -0.1) is 0 Å². The maximum atomic E-state index is 4.71. The highest BCUT2D eigenvalue weighted by Gasteiger charge is 2.18. The number of nitrogens with one attached hydrogen (secondary N) is 1. The third-order valence-electron chi connectivity index (χ3n) is 4.26. The van der Waals surface area contributed by atoms with Crippen molar-refractivity contribution in [2.24, 2.45) is 0 Å². The first kappa shape index (κ1) is 15.7. The number of likely N-dealkylation sites (N-methyl/N-ethyl adjacent to an activating group) is 1. The van der Waals surface area contributed by atoms with Crippen molar-refractivity contribution in [3.8, 4) is 0 Å². The third-order valence-corrected chi connectivity index (χ3v) is 4.26. The fraction of sp³-hybridized carbons (Fsp3) is 0.444. The van der Waals surface area contributed by atoms with E-state index in [1.54, 1.807) is 0 Å². The Morgan fingerprint density at radius 3 is 2.48 bits per heavy atom. The molecule has 0 bridgehead atoms. The third kappa shape index (κ3) is 4.20. The maximum Gasteiger partial charge on any atom is 0.227 e. The summed E-state index contributed by atoms with van der Waals surface area (Å²) in [7, 11) is 0. The first-order chi connectivity index (χ1) is 11.2. The summed E-state index contributed by atoms with van der Waals surface area (Å²) in [6.07, 6.45) is 0. The molecule has 1 aromatic heterocycles. The van der Waals surface area contributed by atoms with Crippen molar-refractivity contribution in [1.29, 1.82) is 0 Å². The van der Waals surface area contributed by atoms with E-state index in [1.807, 2.05) is 19.1 Å². The number of aromatic nitrogens is 2. The van der Waals surface area contributed by atoms with Gasteiger partial charge in [-0.3, -0.25) is 0 Å². The number of anilines is 2. The summed E-state index contributed by atoms with van der Waals surface area (Å²) in [6.45, 7) is 10.3. The van der Waals surface area contributed by atoms with E-state index in [4.69, 9.17) is 4.98 Å². The lowest BCUT2D eigenvalue weighted by molar-refractivity contribution is 0.270. The number of rotatable bonds is 5. The minimum Gasteiger partial charge on any atom is -0.366 e. The van der Waals surface area contributed by atoms with Gasteiger partial charge in [-0.1, -0.05) is 37.3 Å². The molecule has 0 atom stereocenters. The molecule has 1 saturated heterocycles. The van der Waals surface area contributed by atoms with Crippen molar-refractivity contribution < 1.29 is 0 Å². The fourth-order valence-corrected chi connectivity index (χ4v) is 2.84. The lowest BCUT2D eigenvalue weighted by Gasteiger charge is -2.34. The number of benzene rings is 1. The summed E-state index contributed by atoms with van der Waals surface area (Å²) in [4.78, 5) is 14.1. The molecule has 0 radical (unpaired) electrons. The zero-order valence-electron chi connectivity index (χ0n) is 14.0. The minimum absolute atomic E-state index is 0.778. The predicted molar refractivity (Wildman–Crippen MR) is 94.9 cm³/mol. The van der Waals surface area contributed by atoms with Gasteiger partial charge in [0.15, 0.2) is 0 Å². The Hall–Kier alpha value is -2.14. The van der Waals surface area contributed by atoms with Crippen LogP contribution in [0.15, 0.2) is 36.4 Å². The molecule has 23 heavy (non-hydrogen) atoms. The number of piperazine rings is 1. The zero-order chi connectivity index (χ0) is 16.1. The molecule has 0 aliphatic carbocycles. The van der Waals surface area contributed by atoms with Crippen LogP contribution >= 0.6 is 0 Å². The number of aryl methyl sites for hydroxylation is 1. The van der Waals surface area contributed by atoms with Gasteiger partial charge in [-0.2, -0.15) is 4.98 Å². The van der Waals surface area contributed by atoms with Gasteiger partial charge in [-0.05, 0) is 19.0 Å². The van der Waals surface area contributed by atoms with E-state index < -0.39 is 0 Å². The van der Waals surface area contributed by atoms with Crippen LogP contribution in [0.2, 0.25) is 0 Å². The van der Waals surface area contributed by atoms with E-state index in [0.717, 1.165) is 56.7 Å². The molecule has 0 unspecified atom stereocenters. The molecular formula is C18H25N5. The van der Waals surface area contributed by atoms with E-state index in [1.165, 1.54) is 5.56 Å². The van der Waals surface area contributed by atoms with Gasteiger partial charge >= 0.3 is 0 Å². The summed E-state index contributed by atoms with van der Waals surface area (Å²) in [5.41, 5.74) is 2.25. The van der Waals surface area contributed by atoms with Crippen molar-refractivity contribution in [1.82, 2.24) is 14.9 Å². The van der Waals surface area contributed by atoms with Crippen LogP contribution in [-0.2, 0) is 6.54 Å². The van der Waals surface area contributed by atoms with Crippen molar-refractivity contribution in [2.75, 3.05) is 42.9 Å². The van der Waals surface area contributed by atoms with Gasteiger partial charge in [0.2, 0.25) is 5.95 Å². The molecule has 5 nitrogen and oxygen atoms in total. The lowest BCUT2D eigenvalue weighted by Crippen LogP contribution is -2.46. The summed E-state index contributed by atoms with van der Waals surface area (Å²) >= 11 is 0. The molecule has 0 amide bonds. The molecule has 1 N–H and O–H groups in total. The summed E-state index contributed by atoms with van der Waals surface area (Å²) in [5, 5.41) is 3.41. The molecule has 2 aromatic rings. The Kier molecular flexibility index (Phi) is 5.08. The SMILES string of the molecule is CCN1CCN(c2nc(C)cc(NCc3ccccc3)n2)CC1. The average Bonchev–Trinajstić information content (AvgIpc) is 2.60. The highest BCUT2D eigenvalue weighted by atomic mass is 15.3. The predicted octanol–water partition coefficient (Wildman–Crippen LogP) is 2.54. The molecule has 2 heterocycles. The van der Waals surface area contributed by atoms with E-state index >= 15 is 0 Å². The molecular weight excluding hydrogens is 286 g/mol. The second kappa shape index (κ2) is 7.42. The first-order valence-corrected chi connectivity index (χ1v) is 8.35. The smallest absolute Gasteiger partial charge is 0.227 e. The molecule has 1 aliphatic rings. The Morgan fingerprint density at radius 1 is 1.04 bits per heavy atom. The Balaban J connectivity index is 1.67. The molecule has 122 valence electrons. The second-order valence-corrected chi connectivity index (χ2v) is 5.96. The van der Waals surface area contributed by atoms with Crippen molar-refractivity contribution >= 4 is 11.8 Å². The molecule has 0 spiro atoms. The van der Waals surface area contributed by atoms with Crippen LogP contribution in [0.25, 0.3) is 0 Å². The van der Waals surface area contributed by atoms with Crippen molar-refractivity contribution in [2.45, 2.75) is 20.4 Å². The van der Waals surface area contributed by atoms with Crippen LogP contribution in [-0.4, -0.2) is 47.6 Å². The standard InChI is InChI=1S/C18H25N5/c1-3-22-9-11-23(12-10-22)18-20-15(2)13-17(21-18)19-14-16-7-5-4-6-8-16/h4-8,13H,3,9-12,14H2,1-2H3,(H,19,20,21). The largest absolute Gasteiger partial charge is 0.366 e. The minimum atomic E-state index is 0.778. The van der Waals surface area contributed by atoms with E-state index in [2.05, 4.69) is 51.3 Å². The molecule has 3 rings (SSSR count). The van der Waals surface area contributed by atoms with E-state index in [0.29, 0.717) is 0 Å². The van der Waals surface area contributed by atoms with Crippen LogP contribution in [0.3, 0.4) is 0 Å². The highest BCUT2D eigenvalue weighted by Crippen LogP contribution is 2.16. The van der Waals surface area contributed by atoms with Crippen LogP contribution in [0.5, 0.6) is 0 Å². The highest BCUT2D eigenvalue weighted by molar-refractivity contribution is 5.44. The van der Waals surface area contributed by atoms with Gasteiger partial charge < -0.3 is 15.1 Å². The van der Waals surface area contributed by atoms with Crippen LogP contribution < -0.4 is 10.2 Å². The molecule has 1 aliphatic heterocycles. The monoisotopic (exact) mass is 311 g/mol.